The molecule has 0 radical (unpaired) electrons. The summed E-state index contributed by atoms with van der Waals surface area (Å²) in [6.45, 7) is -0.112. The molecule has 0 atom stereocenters. The number of fused-ring (bicyclic) bond motifs is 2. The number of nitrogens with zero attached hydrogens (tertiary/aromatic N) is 3. The van der Waals surface area contributed by atoms with Gasteiger partial charge in [-0.1, -0.05) is 36.4 Å². The predicted molar refractivity (Wildman–Crippen MR) is 144 cm³/mol. The molecule has 0 saturated heterocycles. The lowest BCUT2D eigenvalue weighted by Gasteiger charge is -2.28. The number of aliphatic hydroxyl groups is 1. The van der Waals surface area contributed by atoms with E-state index in [2.05, 4.69) is 4.98 Å². The number of carbonyl (C=O) groups is 1. The molecule has 0 bridgehead atoms. The number of pyridine rings is 1. The SMILES string of the molecule is O=CN(CCOc1ccccc1)Cc1cc2c(cc1N(CCO)S(=O)(=O)c1cccc3cccnc13)OCO2. The van der Waals surface area contributed by atoms with Gasteiger partial charge in [0.1, 0.15) is 17.3 Å². The second-order valence-corrected chi connectivity index (χ2v) is 10.5. The van der Waals surface area contributed by atoms with E-state index in [1.807, 2.05) is 30.3 Å². The Bertz CT molecular complexity index is 1560. The molecule has 11 heteroatoms. The first-order valence-corrected chi connectivity index (χ1v) is 13.7. The van der Waals surface area contributed by atoms with Crippen LogP contribution in [0.25, 0.3) is 10.9 Å². The minimum Gasteiger partial charge on any atom is -0.492 e. The maximum Gasteiger partial charge on any atom is 0.266 e. The maximum atomic E-state index is 14.1. The fraction of sp³-hybridized carbons (Fsp3) is 0.214. The molecule has 3 aromatic carbocycles. The third kappa shape index (κ3) is 5.59. The van der Waals surface area contributed by atoms with Gasteiger partial charge in [0.25, 0.3) is 10.0 Å². The molecule has 5 rings (SSSR count). The number of sulfonamides is 1. The van der Waals surface area contributed by atoms with E-state index in [0.717, 1.165) is 4.31 Å². The van der Waals surface area contributed by atoms with E-state index in [9.17, 15) is 18.3 Å². The van der Waals surface area contributed by atoms with Crippen molar-refractivity contribution in [1.82, 2.24) is 9.88 Å². The molecule has 0 aliphatic carbocycles. The summed E-state index contributed by atoms with van der Waals surface area (Å²) in [5.41, 5.74) is 1.08. The molecule has 1 aromatic heterocycles. The van der Waals surface area contributed by atoms with Crippen LogP contribution in [0.15, 0.2) is 83.9 Å². The Morgan fingerprint density at radius 1 is 0.974 bits per heavy atom. The first-order valence-electron chi connectivity index (χ1n) is 12.3. The van der Waals surface area contributed by atoms with E-state index >= 15 is 0 Å². The van der Waals surface area contributed by atoms with Crippen LogP contribution in [0.3, 0.4) is 0 Å². The molecule has 1 aliphatic rings. The van der Waals surface area contributed by atoms with Crippen molar-refractivity contribution in [2.75, 3.05) is 37.4 Å². The average Bonchev–Trinajstić information content (AvgIpc) is 3.42. The minimum atomic E-state index is -4.20. The smallest absolute Gasteiger partial charge is 0.266 e. The molecular formula is C28H27N3O7S. The summed E-state index contributed by atoms with van der Waals surface area (Å²) in [7, 11) is -4.20. The minimum absolute atomic E-state index is 0.00108. The van der Waals surface area contributed by atoms with Gasteiger partial charge in [-0.3, -0.25) is 14.1 Å². The van der Waals surface area contributed by atoms with Crippen molar-refractivity contribution in [2.45, 2.75) is 11.4 Å². The zero-order valence-corrected chi connectivity index (χ0v) is 21.8. The van der Waals surface area contributed by atoms with Crippen LogP contribution in [0.5, 0.6) is 17.2 Å². The first kappa shape index (κ1) is 26.3. The molecule has 1 aliphatic heterocycles. The normalized spacial score (nSPS) is 12.3. The summed E-state index contributed by atoms with van der Waals surface area (Å²) in [5, 5.41) is 10.6. The van der Waals surface area contributed by atoms with E-state index in [-0.39, 0.29) is 43.6 Å². The topological polar surface area (TPSA) is 119 Å². The van der Waals surface area contributed by atoms with E-state index in [1.54, 1.807) is 36.4 Å². The van der Waals surface area contributed by atoms with Crippen LogP contribution in [-0.4, -0.2) is 62.9 Å². The van der Waals surface area contributed by atoms with Gasteiger partial charge in [-0.25, -0.2) is 8.42 Å². The number of ether oxygens (including phenoxy) is 3. The Kier molecular flexibility index (Phi) is 7.80. The van der Waals surface area contributed by atoms with Gasteiger partial charge in [0.2, 0.25) is 13.2 Å². The summed E-state index contributed by atoms with van der Waals surface area (Å²) in [6.07, 6.45) is 2.21. The van der Waals surface area contributed by atoms with Gasteiger partial charge in [0, 0.05) is 24.2 Å². The number of amides is 1. The highest BCUT2D eigenvalue weighted by molar-refractivity contribution is 7.93. The fourth-order valence-corrected chi connectivity index (χ4v) is 6.04. The number of aliphatic hydroxyl groups excluding tert-OH is 1. The van der Waals surface area contributed by atoms with Gasteiger partial charge in [0.15, 0.2) is 11.5 Å². The Morgan fingerprint density at radius 3 is 2.51 bits per heavy atom. The van der Waals surface area contributed by atoms with Crippen molar-refractivity contribution in [3.63, 3.8) is 0 Å². The van der Waals surface area contributed by atoms with Crippen LogP contribution in [-0.2, 0) is 21.4 Å². The lowest BCUT2D eigenvalue weighted by molar-refractivity contribution is -0.119. The van der Waals surface area contributed by atoms with Crippen LogP contribution in [0.4, 0.5) is 5.69 Å². The molecule has 0 spiro atoms. The highest BCUT2D eigenvalue weighted by Gasteiger charge is 2.31. The van der Waals surface area contributed by atoms with Crippen molar-refractivity contribution in [2.24, 2.45) is 0 Å². The van der Waals surface area contributed by atoms with E-state index in [4.69, 9.17) is 14.2 Å². The van der Waals surface area contributed by atoms with E-state index in [0.29, 0.717) is 40.1 Å². The number of anilines is 1. The largest absolute Gasteiger partial charge is 0.492 e. The van der Waals surface area contributed by atoms with Gasteiger partial charge >= 0.3 is 0 Å². The summed E-state index contributed by atoms with van der Waals surface area (Å²) in [5.74, 6) is 1.48. The molecule has 0 saturated carbocycles. The van der Waals surface area contributed by atoms with E-state index < -0.39 is 16.6 Å². The number of hydrogen-bond acceptors (Lipinski definition) is 8. The summed E-state index contributed by atoms with van der Waals surface area (Å²) >= 11 is 0. The maximum absolute atomic E-state index is 14.1. The molecule has 202 valence electrons. The highest BCUT2D eigenvalue weighted by atomic mass is 32.2. The predicted octanol–water partition coefficient (Wildman–Crippen LogP) is 3.19. The second kappa shape index (κ2) is 11.6. The molecule has 0 unspecified atom stereocenters. The second-order valence-electron chi connectivity index (χ2n) is 8.70. The summed E-state index contributed by atoms with van der Waals surface area (Å²) in [4.78, 5) is 17.8. The summed E-state index contributed by atoms with van der Waals surface area (Å²) < 4.78 is 46.1. The molecule has 1 amide bonds. The van der Waals surface area contributed by atoms with Gasteiger partial charge in [-0.15, -0.1) is 0 Å². The van der Waals surface area contributed by atoms with Crippen LogP contribution in [0.1, 0.15) is 5.56 Å². The van der Waals surface area contributed by atoms with Crippen LogP contribution < -0.4 is 18.5 Å². The van der Waals surface area contributed by atoms with Gasteiger partial charge in [0.05, 0.1) is 30.9 Å². The van der Waals surface area contributed by atoms with Crippen molar-refractivity contribution >= 4 is 33.0 Å². The molecule has 39 heavy (non-hydrogen) atoms. The summed E-state index contributed by atoms with van der Waals surface area (Å²) in [6, 6.07) is 20.9. The molecule has 0 fully saturated rings. The standard InChI is InChI=1S/C28H27N3O7S/c32-14-12-31(39(34,35)27-10-4-6-21-7-5-11-29-28(21)27)24-17-26-25(37-20-38-26)16-22(24)18-30(19-33)13-15-36-23-8-2-1-3-9-23/h1-11,16-17,19,32H,12-15,18,20H2. The van der Waals surface area contributed by atoms with Crippen molar-refractivity contribution in [3.8, 4) is 17.2 Å². The Morgan fingerprint density at radius 2 is 1.74 bits per heavy atom. The Hall–Kier alpha value is -4.35. The quantitative estimate of drug-likeness (QED) is 0.268. The van der Waals surface area contributed by atoms with Crippen molar-refractivity contribution < 1.29 is 32.5 Å². The zero-order chi connectivity index (χ0) is 27.2. The average molecular weight is 550 g/mol. The number of hydrogen-bond donors (Lipinski definition) is 1. The van der Waals surface area contributed by atoms with Gasteiger partial charge < -0.3 is 24.2 Å². The number of benzene rings is 3. The first-order chi connectivity index (χ1) is 19.0. The van der Waals surface area contributed by atoms with Crippen LogP contribution in [0, 0.1) is 0 Å². The van der Waals surface area contributed by atoms with Gasteiger partial charge in [-0.2, -0.15) is 0 Å². The fourth-order valence-electron chi connectivity index (χ4n) is 4.38. The molecule has 1 N–H and O–H groups in total. The van der Waals surface area contributed by atoms with Gasteiger partial charge in [-0.05, 0) is 35.9 Å². The Balaban J connectivity index is 1.50. The molecule has 10 nitrogen and oxygen atoms in total. The highest BCUT2D eigenvalue weighted by Crippen LogP contribution is 2.41. The Labute approximate surface area is 226 Å². The number of aromatic nitrogens is 1. The van der Waals surface area contributed by atoms with Crippen LogP contribution >= 0.6 is 0 Å². The van der Waals surface area contributed by atoms with Crippen molar-refractivity contribution in [3.05, 3.63) is 84.6 Å². The lowest BCUT2D eigenvalue weighted by atomic mass is 10.1. The zero-order valence-electron chi connectivity index (χ0n) is 21.0. The number of rotatable bonds is 12. The molecular weight excluding hydrogens is 522 g/mol. The third-order valence-electron chi connectivity index (χ3n) is 6.22. The number of carbonyl (C=O) groups excluding carboxylic acids is 1. The lowest BCUT2D eigenvalue weighted by Crippen LogP contribution is -2.35. The van der Waals surface area contributed by atoms with Crippen molar-refractivity contribution in [1.29, 1.82) is 0 Å². The van der Waals surface area contributed by atoms with Crippen LogP contribution in [0.2, 0.25) is 0 Å². The molecule has 4 aromatic rings. The van der Waals surface area contributed by atoms with E-state index in [1.165, 1.54) is 17.2 Å². The number of para-hydroxylation sites is 2. The third-order valence-corrected chi connectivity index (χ3v) is 8.07. The molecule has 2 heterocycles. The monoisotopic (exact) mass is 549 g/mol.